The molecule has 12 nitrogen and oxygen atoms in total. The quantitative estimate of drug-likeness (QED) is 0.269. The van der Waals surface area contributed by atoms with Crippen molar-refractivity contribution in [3.8, 4) is 0 Å². The van der Waals surface area contributed by atoms with E-state index in [0.717, 1.165) is 18.2 Å². The molecule has 3 N–H and O–H groups in total. The molecule has 0 aliphatic carbocycles. The molecule has 0 amide bonds. The molecule has 0 radical (unpaired) electrons. The number of hydrogen-bond acceptors (Lipinski definition) is 8. The minimum Gasteiger partial charge on any atom is -0.273 e. The Balaban J connectivity index is 0.000000455. The third-order valence-electron chi connectivity index (χ3n) is 2.49. The molecule has 0 aromatic heterocycles. The molecule has 2 aromatic rings. The zero-order valence-electron chi connectivity index (χ0n) is 13.7. The third kappa shape index (κ3) is 11.5. The number of rotatable bonds is 3. The molecule has 0 spiro atoms. The van der Waals surface area contributed by atoms with Gasteiger partial charge in [-0.25, -0.2) is 13.6 Å². The van der Waals surface area contributed by atoms with Crippen molar-refractivity contribution in [2.75, 3.05) is 0 Å². The third-order valence-corrected chi connectivity index (χ3v) is 4.04. The number of primary sulfonamides is 1. The molecular weight excluding hydrogens is 501 g/mol. The Labute approximate surface area is 178 Å². The smallest absolute Gasteiger partial charge is 0.273 e. The number of benzene rings is 2. The minimum atomic E-state index is -4.19. The molecule has 0 fully saturated rings. The molecule has 0 unspecified atom stereocenters. The van der Waals surface area contributed by atoms with E-state index in [9.17, 15) is 28.6 Å². The number of nitrogens with two attached hydrogens (primary N) is 1. The van der Waals surface area contributed by atoms with Crippen LogP contribution in [0.25, 0.3) is 0 Å². The van der Waals surface area contributed by atoms with Gasteiger partial charge in [-0.15, -0.1) is 0 Å². The summed E-state index contributed by atoms with van der Waals surface area (Å²) in [7, 11) is -4.08. The highest BCUT2D eigenvalue weighted by Gasteiger charge is 2.17. The van der Waals surface area contributed by atoms with E-state index >= 15 is 0 Å². The van der Waals surface area contributed by atoms with Gasteiger partial charge in [0.15, 0.2) is 0 Å². The predicted molar refractivity (Wildman–Crippen MR) is 105 cm³/mol. The Morgan fingerprint density at radius 1 is 0.862 bits per heavy atom. The fourth-order valence-corrected chi connectivity index (χ4v) is 2.33. The summed E-state index contributed by atoms with van der Waals surface area (Å²) in [5.74, 6) is 0. The van der Waals surface area contributed by atoms with Gasteiger partial charge in [0.1, 0.15) is 10.0 Å². The summed E-state index contributed by atoms with van der Waals surface area (Å²) in [6.45, 7) is 0. The maximum absolute atomic E-state index is 10.8. The van der Waals surface area contributed by atoms with E-state index in [2.05, 4.69) is 10.7 Å². The van der Waals surface area contributed by atoms with Gasteiger partial charge in [-0.1, -0.05) is 35.3 Å². The Hall–Kier alpha value is -2.07. The largest absolute Gasteiger partial charge is 0.353 e. The molecule has 0 aliphatic heterocycles. The summed E-state index contributed by atoms with van der Waals surface area (Å²) in [5.41, 5.74) is -0.539. The van der Waals surface area contributed by atoms with Crippen LogP contribution in [0.1, 0.15) is 0 Å². The first-order chi connectivity index (χ1) is 13.0. The van der Waals surface area contributed by atoms with E-state index in [4.69, 9.17) is 41.3 Å². The van der Waals surface area contributed by atoms with Crippen LogP contribution < -0.4 is 5.14 Å². The second kappa shape index (κ2) is 11.2. The van der Waals surface area contributed by atoms with E-state index in [0.29, 0.717) is 0 Å². The van der Waals surface area contributed by atoms with E-state index in [-0.39, 0.29) is 20.6 Å². The van der Waals surface area contributed by atoms with Gasteiger partial charge in [-0.05, 0) is 18.2 Å². The average molecular weight is 511 g/mol. The molecule has 29 heavy (non-hydrogen) atoms. The monoisotopic (exact) mass is 509 g/mol. The molecule has 2 rings (SSSR count). The first-order valence-electron chi connectivity index (χ1n) is 6.56. The number of halogens is 3. The normalized spacial score (nSPS) is 10.7. The lowest BCUT2D eigenvalue weighted by atomic mass is 10.3. The van der Waals surface area contributed by atoms with Crippen molar-refractivity contribution >= 4 is 64.6 Å². The van der Waals surface area contributed by atoms with Gasteiger partial charge in [0.05, 0.1) is 14.7 Å². The van der Waals surface area contributed by atoms with Crippen molar-refractivity contribution < 1.29 is 31.2 Å². The average Bonchev–Trinajstić information content (AvgIpc) is 2.53. The molecule has 0 atom stereocenters. The summed E-state index contributed by atoms with van der Waals surface area (Å²) in [5, 5.41) is 25.3. The predicted octanol–water partition coefficient (Wildman–Crippen LogP) is 3.17. The van der Waals surface area contributed by atoms with Crippen LogP contribution in [-0.4, -0.2) is 31.2 Å². The number of hydrogen-bond donors (Lipinski definition) is 2. The first kappa shape index (κ1) is 26.9. The highest BCUT2D eigenvalue weighted by Crippen LogP contribution is 2.26. The second-order valence-electron chi connectivity index (χ2n) is 4.54. The maximum atomic E-state index is 10.8. The van der Waals surface area contributed by atoms with Crippen LogP contribution in [0.5, 0.6) is 0 Å². The molecule has 0 aliphatic rings. The van der Waals surface area contributed by atoms with Crippen LogP contribution in [0.15, 0.2) is 47.4 Å². The fraction of sp³-hybridized carbons (Fsp3) is 0. The van der Waals surface area contributed by atoms with Crippen molar-refractivity contribution in [2.24, 2.45) is 5.14 Å². The number of nitrogens with zero attached hydrogens (tertiary/aromatic N) is 2. The summed E-state index contributed by atoms with van der Waals surface area (Å²) in [4.78, 5) is 18.9. The molecule has 2 aromatic carbocycles. The molecule has 0 bridgehead atoms. The van der Waals surface area contributed by atoms with Crippen LogP contribution in [0.4, 0.5) is 11.4 Å². The Bertz CT molecular complexity index is 1100. The second-order valence-corrected chi connectivity index (χ2v) is 8.91. The van der Waals surface area contributed by atoms with Gasteiger partial charge in [0, 0.05) is 22.8 Å². The number of sulfonamides is 1. The summed E-state index contributed by atoms with van der Waals surface area (Å²) in [6, 6.07) is 9.10. The summed E-state index contributed by atoms with van der Waals surface area (Å²) >= 11 is 10.9. The van der Waals surface area contributed by atoms with Crippen LogP contribution in [-0.2, 0) is 19.4 Å². The van der Waals surface area contributed by atoms with Gasteiger partial charge in [-0.3, -0.25) is 24.8 Å². The van der Waals surface area contributed by atoms with Gasteiger partial charge in [0.2, 0.25) is 10.0 Å². The van der Waals surface area contributed by atoms with Gasteiger partial charge < -0.3 is 0 Å². The molecule has 160 valence electrons. The topological polar surface area (TPSA) is 201 Å². The Morgan fingerprint density at radius 3 is 1.62 bits per heavy atom. The molecule has 0 saturated heterocycles. The van der Waals surface area contributed by atoms with Gasteiger partial charge >= 0.3 is 9.33 Å². The Kier molecular flexibility index (Phi) is 10.4. The summed E-state index contributed by atoms with van der Waals surface area (Å²) in [6.07, 6.45) is 0. The maximum Gasteiger partial charge on any atom is 0.353 e. The van der Waals surface area contributed by atoms with Crippen molar-refractivity contribution in [1.29, 1.82) is 0 Å². The van der Waals surface area contributed by atoms with Crippen LogP contribution in [0.2, 0.25) is 10.0 Å². The number of nitro benzene ring substituents is 2. The summed E-state index contributed by atoms with van der Waals surface area (Å²) < 4.78 is 46.8. The van der Waals surface area contributed by atoms with Crippen LogP contribution in [0, 0.1) is 20.2 Å². The SMILES string of the molecule is NS(=O)(=O)c1ccc(Cl)c([N+](=O)[O-])c1.O=S(=O)(O)Cl.O=[N+]([O-])c1ccccc1Cl. The lowest BCUT2D eigenvalue weighted by Gasteiger charge is -1.98. The van der Waals surface area contributed by atoms with Crippen LogP contribution >= 0.6 is 33.9 Å². The lowest BCUT2D eigenvalue weighted by Crippen LogP contribution is -2.12. The molecule has 0 heterocycles. The van der Waals surface area contributed by atoms with E-state index < -0.39 is 34.9 Å². The van der Waals surface area contributed by atoms with E-state index in [1.165, 1.54) is 12.1 Å². The standard InChI is InChI=1S/C6H5ClN2O4S.C6H4ClNO2.ClHO3S/c7-5-2-1-4(14(8,12)13)3-6(5)9(10)11;7-5-3-1-2-4-6(5)8(9)10;1-5(2,3)4/h1-3H,(H2,8,12,13);1-4H;(H,2,3,4). The zero-order chi connectivity index (χ0) is 23.0. The van der Waals surface area contributed by atoms with Crippen molar-refractivity contribution in [3.63, 3.8) is 0 Å². The van der Waals surface area contributed by atoms with E-state index in [1.54, 1.807) is 12.1 Å². The fourth-order valence-electron chi connectivity index (χ4n) is 1.41. The molecule has 17 heteroatoms. The highest BCUT2D eigenvalue weighted by molar-refractivity contribution is 8.09. The highest BCUT2D eigenvalue weighted by atomic mass is 35.7. The first-order valence-corrected chi connectivity index (χ1v) is 11.1. The number of para-hydroxylation sites is 1. The van der Waals surface area contributed by atoms with Crippen molar-refractivity contribution in [3.05, 3.63) is 72.7 Å². The van der Waals surface area contributed by atoms with Crippen molar-refractivity contribution in [1.82, 2.24) is 0 Å². The lowest BCUT2D eigenvalue weighted by molar-refractivity contribution is -0.385. The molecular formula is C12H10Cl3N3O9S2. The Morgan fingerprint density at radius 2 is 1.28 bits per heavy atom. The molecule has 0 saturated carbocycles. The number of nitro groups is 2. The van der Waals surface area contributed by atoms with Crippen molar-refractivity contribution in [2.45, 2.75) is 4.90 Å². The van der Waals surface area contributed by atoms with Gasteiger partial charge in [-0.2, -0.15) is 8.42 Å². The van der Waals surface area contributed by atoms with Crippen LogP contribution in [0.3, 0.4) is 0 Å². The zero-order valence-corrected chi connectivity index (χ0v) is 17.6. The minimum absolute atomic E-state index is 0.0517. The van der Waals surface area contributed by atoms with Gasteiger partial charge in [0.25, 0.3) is 11.4 Å². The van der Waals surface area contributed by atoms with E-state index in [1.807, 2.05) is 0 Å².